The normalized spacial score (nSPS) is 10.3. The van der Waals surface area contributed by atoms with E-state index in [1.807, 2.05) is 24.3 Å². The summed E-state index contributed by atoms with van der Waals surface area (Å²) in [5.74, 6) is 1.82. The number of aliphatic hydroxyl groups excluding tert-OH is 1. The summed E-state index contributed by atoms with van der Waals surface area (Å²) in [6.07, 6.45) is 0.777. The first-order valence-electron chi connectivity index (χ1n) is 6.17. The number of rotatable bonds is 6. The van der Waals surface area contributed by atoms with Crippen LogP contribution in [-0.4, -0.2) is 28.7 Å². The third kappa shape index (κ3) is 3.82. The second-order valence-electron chi connectivity index (χ2n) is 4.09. The maximum Gasteiger partial charge on any atom is 0.219 e. The van der Waals surface area contributed by atoms with Crippen molar-refractivity contribution in [2.75, 3.05) is 12.4 Å². The van der Waals surface area contributed by atoms with Crippen LogP contribution in [0.2, 0.25) is 0 Å². The maximum absolute atomic E-state index is 10.7. The highest BCUT2D eigenvalue weighted by Crippen LogP contribution is 2.24. The number of thioether (sulfide) groups is 1. The Kier molecular flexibility index (Phi) is 5.15. The van der Waals surface area contributed by atoms with Crippen molar-refractivity contribution in [3.8, 4) is 11.6 Å². The number of aryl methyl sites for hydroxylation is 1. The second-order valence-corrected chi connectivity index (χ2v) is 5.26. The van der Waals surface area contributed by atoms with E-state index in [1.54, 1.807) is 30.8 Å². The molecule has 1 aromatic heterocycles. The molecule has 4 nitrogen and oxygen atoms in total. The van der Waals surface area contributed by atoms with Gasteiger partial charge in [0.25, 0.3) is 0 Å². The average molecular weight is 289 g/mol. The third-order valence-electron chi connectivity index (χ3n) is 2.63. The lowest BCUT2D eigenvalue weighted by molar-refractivity contribution is 0.112. The number of aliphatic hydroxyl groups is 1. The van der Waals surface area contributed by atoms with Crippen LogP contribution in [0, 0.1) is 6.92 Å². The molecular weight excluding hydrogens is 274 g/mol. The molecule has 0 fully saturated rings. The zero-order valence-electron chi connectivity index (χ0n) is 11.1. The lowest BCUT2D eigenvalue weighted by Gasteiger charge is -2.07. The Bertz CT molecular complexity index is 584. The number of carbonyl (C=O) groups is 1. The minimum atomic E-state index is 0.162. The zero-order valence-corrected chi connectivity index (χ0v) is 11.9. The van der Waals surface area contributed by atoms with Crippen molar-refractivity contribution in [2.45, 2.75) is 11.8 Å². The topological polar surface area (TPSA) is 59.4 Å². The van der Waals surface area contributed by atoms with Gasteiger partial charge in [-0.15, -0.1) is 11.8 Å². The van der Waals surface area contributed by atoms with Gasteiger partial charge in [0.05, 0.1) is 12.3 Å². The summed E-state index contributed by atoms with van der Waals surface area (Å²) in [5, 5.41) is 8.77. The highest BCUT2D eigenvalue weighted by atomic mass is 32.2. The quantitative estimate of drug-likeness (QED) is 0.654. The molecule has 0 aliphatic carbocycles. The Hall–Kier alpha value is -1.85. The van der Waals surface area contributed by atoms with Crippen molar-refractivity contribution in [3.63, 3.8) is 0 Å². The molecule has 104 valence electrons. The van der Waals surface area contributed by atoms with Crippen molar-refractivity contribution >= 4 is 18.0 Å². The summed E-state index contributed by atoms with van der Waals surface area (Å²) in [6, 6.07) is 10.9. The Morgan fingerprint density at radius 3 is 2.60 bits per heavy atom. The monoisotopic (exact) mass is 289 g/mol. The van der Waals surface area contributed by atoms with Gasteiger partial charge in [-0.2, -0.15) is 0 Å². The number of benzene rings is 1. The molecular formula is C15H15NO3S. The first-order chi connectivity index (χ1) is 9.72. The summed E-state index contributed by atoms with van der Waals surface area (Å²) in [5.41, 5.74) is 1.21. The van der Waals surface area contributed by atoms with Gasteiger partial charge in [-0.1, -0.05) is 0 Å². The average Bonchev–Trinajstić information content (AvgIpc) is 2.47. The molecule has 0 radical (unpaired) electrons. The Balaban J connectivity index is 2.06. The first kappa shape index (κ1) is 14.6. The molecule has 0 aliphatic rings. The predicted molar refractivity (Wildman–Crippen MR) is 78.7 cm³/mol. The van der Waals surface area contributed by atoms with Gasteiger partial charge >= 0.3 is 0 Å². The van der Waals surface area contributed by atoms with Gasteiger partial charge in [0.15, 0.2) is 6.29 Å². The van der Waals surface area contributed by atoms with Crippen LogP contribution in [0.3, 0.4) is 0 Å². The highest BCUT2D eigenvalue weighted by molar-refractivity contribution is 7.99. The van der Waals surface area contributed by atoms with Crippen LogP contribution < -0.4 is 4.74 Å². The summed E-state index contributed by atoms with van der Waals surface area (Å²) < 4.78 is 5.63. The van der Waals surface area contributed by atoms with Crippen LogP contribution in [-0.2, 0) is 0 Å². The Morgan fingerprint density at radius 2 is 2.00 bits per heavy atom. The van der Waals surface area contributed by atoms with Crippen LogP contribution in [0.1, 0.15) is 16.1 Å². The SMILES string of the molecule is Cc1nc(Oc2ccc(SCCO)cc2)ccc1C=O. The minimum absolute atomic E-state index is 0.162. The molecule has 0 saturated heterocycles. The smallest absolute Gasteiger partial charge is 0.219 e. The highest BCUT2D eigenvalue weighted by Gasteiger charge is 2.03. The lowest BCUT2D eigenvalue weighted by Crippen LogP contribution is -1.94. The molecule has 0 saturated carbocycles. The van der Waals surface area contributed by atoms with E-state index in [-0.39, 0.29) is 6.61 Å². The van der Waals surface area contributed by atoms with Crippen molar-refractivity contribution < 1.29 is 14.6 Å². The summed E-state index contributed by atoms with van der Waals surface area (Å²) in [4.78, 5) is 16.0. The van der Waals surface area contributed by atoms with Gasteiger partial charge in [0.2, 0.25) is 5.88 Å². The number of hydrogen-bond acceptors (Lipinski definition) is 5. The molecule has 0 bridgehead atoms. The fourth-order valence-electron chi connectivity index (χ4n) is 1.62. The van der Waals surface area contributed by atoms with Crippen LogP contribution in [0.4, 0.5) is 0 Å². The lowest BCUT2D eigenvalue weighted by atomic mass is 10.2. The van der Waals surface area contributed by atoms with E-state index in [0.29, 0.717) is 28.6 Å². The van der Waals surface area contributed by atoms with Gasteiger partial charge in [0.1, 0.15) is 5.75 Å². The summed E-state index contributed by atoms with van der Waals surface area (Å²) in [7, 11) is 0. The van der Waals surface area contributed by atoms with Gasteiger partial charge < -0.3 is 9.84 Å². The number of aldehydes is 1. The molecule has 1 aromatic carbocycles. The number of ether oxygens (including phenoxy) is 1. The molecule has 5 heteroatoms. The van der Waals surface area contributed by atoms with Crippen molar-refractivity contribution in [3.05, 3.63) is 47.7 Å². The second kappa shape index (κ2) is 7.07. The number of carbonyl (C=O) groups excluding carboxylic acids is 1. The Labute approximate surface area is 121 Å². The van der Waals surface area contributed by atoms with E-state index in [9.17, 15) is 4.79 Å². The van der Waals surface area contributed by atoms with E-state index in [0.717, 1.165) is 11.2 Å². The van der Waals surface area contributed by atoms with E-state index >= 15 is 0 Å². The molecule has 1 heterocycles. The zero-order chi connectivity index (χ0) is 14.4. The first-order valence-corrected chi connectivity index (χ1v) is 7.16. The number of aromatic nitrogens is 1. The van der Waals surface area contributed by atoms with Crippen LogP contribution in [0.15, 0.2) is 41.3 Å². The van der Waals surface area contributed by atoms with Crippen LogP contribution >= 0.6 is 11.8 Å². The van der Waals surface area contributed by atoms with Crippen LogP contribution in [0.25, 0.3) is 0 Å². The number of pyridine rings is 1. The van der Waals surface area contributed by atoms with Crippen LogP contribution in [0.5, 0.6) is 11.6 Å². The molecule has 2 aromatic rings. The van der Waals surface area contributed by atoms with E-state index in [2.05, 4.69) is 4.98 Å². The molecule has 0 unspecified atom stereocenters. The van der Waals surface area contributed by atoms with Gasteiger partial charge in [-0.25, -0.2) is 4.98 Å². The van der Waals surface area contributed by atoms with Gasteiger partial charge in [0, 0.05) is 22.3 Å². The van der Waals surface area contributed by atoms with Crippen molar-refractivity contribution in [1.82, 2.24) is 4.98 Å². The molecule has 0 atom stereocenters. The summed E-state index contributed by atoms with van der Waals surface area (Å²) >= 11 is 1.58. The minimum Gasteiger partial charge on any atom is -0.439 e. The summed E-state index contributed by atoms with van der Waals surface area (Å²) in [6.45, 7) is 1.93. The Morgan fingerprint density at radius 1 is 1.25 bits per heavy atom. The van der Waals surface area contributed by atoms with Crippen molar-refractivity contribution in [1.29, 1.82) is 0 Å². The predicted octanol–water partition coefficient (Wildman–Crippen LogP) is 3.08. The molecule has 0 amide bonds. The molecule has 0 aliphatic heterocycles. The fraction of sp³-hybridized carbons (Fsp3) is 0.200. The molecule has 1 N–H and O–H groups in total. The van der Waals surface area contributed by atoms with E-state index in [1.165, 1.54) is 0 Å². The molecule has 20 heavy (non-hydrogen) atoms. The van der Waals surface area contributed by atoms with Gasteiger partial charge in [-0.05, 0) is 37.3 Å². The molecule has 2 rings (SSSR count). The number of hydrogen-bond donors (Lipinski definition) is 1. The molecule has 0 spiro atoms. The fourth-order valence-corrected chi connectivity index (χ4v) is 2.27. The largest absolute Gasteiger partial charge is 0.439 e. The number of nitrogens with zero attached hydrogens (tertiary/aromatic N) is 1. The third-order valence-corrected chi connectivity index (χ3v) is 3.63. The van der Waals surface area contributed by atoms with E-state index in [4.69, 9.17) is 9.84 Å². The standard InChI is InChI=1S/C15H15NO3S/c1-11-12(10-18)2-7-15(16-11)19-13-3-5-14(6-4-13)20-9-8-17/h2-7,10,17H,8-9H2,1H3. The maximum atomic E-state index is 10.7. The van der Waals surface area contributed by atoms with E-state index < -0.39 is 0 Å². The van der Waals surface area contributed by atoms with Crippen molar-refractivity contribution in [2.24, 2.45) is 0 Å². The van der Waals surface area contributed by atoms with Gasteiger partial charge in [-0.3, -0.25) is 4.79 Å².